The normalized spacial score (nSPS) is 27.7. The third kappa shape index (κ3) is 4.61. The molecule has 5 heteroatoms. The quantitative estimate of drug-likeness (QED) is 0.824. The highest BCUT2D eigenvalue weighted by molar-refractivity contribution is 5.85. The fourth-order valence-electron chi connectivity index (χ4n) is 4.29. The highest BCUT2D eigenvalue weighted by Crippen LogP contribution is 2.42. The minimum Gasteiger partial charge on any atom is -0.412 e. The lowest BCUT2D eigenvalue weighted by molar-refractivity contribution is 0.0568. The Balaban J connectivity index is 0.00000161. The fraction of sp³-hybridized carbons (Fsp3) is 0.667. The molecule has 0 radical (unpaired) electrons. The molecule has 1 aliphatic heterocycles. The number of hydrogen-bond acceptors (Lipinski definition) is 2. The maximum Gasteiger partial charge on any atom is 0.0455 e. The molecular formula is C18H32Cl2N2O. The van der Waals surface area contributed by atoms with Crippen LogP contribution in [0.4, 0.5) is 0 Å². The number of halogens is 2. The first kappa shape index (κ1) is 22.7. The molecule has 1 aliphatic carbocycles. The van der Waals surface area contributed by atoms with E-state index in [4.69, 9.17) is 0 Å². The molecule has 0 spiro atoms. The predicted octanol–water partition coefficient (Wildman–Crippen LogP) is 3.50. The fourth-order valence-corrected chi connectivity index (χ4v) is 4.29. The monoisotopic (exact) mass is 362 g/mol. The van der Waals surface area contributed by atoms with E-state index in [1.807, 2.05) is 0 Å². The summed E-state index contributed by atoms with van der Waals surface area (Å²) in [6.45, 7) is 2.68. The van der Waals surface area contributed by atoms with Gasteiger partial charge in [-0.3, -0.25) is 4.90 Å². The minimum absolute atomic E-state index is 0. The molecule has 1 heterocycles. The van der Waals surface area contributed by atoms with Crippen molar-refractivity contribution in [3.05, 3.63) is 35.9 Å². The van der Waals surface area contributed by atoms with Crippen LogP contribution in [-0.2, 0) is 5.54 Å². The van der Waals surface area contributed by atoms with Crippen molar-refractivity contribution in [2.75, 3.05) is 27.2 Å². The Bertz CT molecular complexity index is 428. The van der Waals surface area contributed by atoms with Crippen LogP contribution in [0, 0.1) is 0 Å². The number of nitrogens with zero attached hydrogens (tertiary/aromatic N) is 2. The maximum absolute atomic E-state index is 2.74. The second-order valence-corrected chi connectivity index (χ2v) is 6.77. The van der Waals surface area contributed by atoms with Gasteiger partial charge in [0.25, 0.3) is 0 Å². The van der Waals surface area contributed by atoms with Gasteiger partial charge in [0.15, 0.2) is 0 Å². The Morgan fingerprint density at radius 2 is 1.48 bits per heavy atom. The van der Waals surface area contributed by atoms with Crippen LogP contribution in [0.2, 0.25) is 0 Å². The number of likely N-dealkylation sites (tertiary alicyclic amines) is 1. The molecule has 2 fully saturated rings. The van der Waals surface area contributed by atoms with Crippen molar-refractivity contribution >= 4 is 24.8 Å². The van der Waals surface area contributed by atoms with Crippen molar-refractivity contribution in [3.8, 4) is 0 Å². The highest BCUT2D eigenvalue weighted by Gasteiger charge is 2.40. The highest BCUT2D eigenvalue weighted by atomic mass is 35.5. The Kier molecular flexibility index (Phi) is 9.71. The minimum atomic E-state index is 0. The van der Waals surface area contributed by atoms with E-state index in [9.17, 15) is 0 Å². The van der Waals surface area contributed by atoms with Gasteiger partial charge in [-0.05, 0) is 71.3 Å². The average Bonchev–Trinajstić information content (AvgIpc) is 3.02. The molecule has 134 valence electrons. The van der Waals surface area contributed by atoms with Crippen molar-refractivity contribution in [1.82, 2.24) is 9.80 Å². The topological polar surface area (TPSA) is 38.0 Å². The number of benzene rings is 1. The van der Waals surface area contributed by atoms with E-state index in [1.54, 1.807) is 0 Å². The van der Waals surface area contributed by atoms with E-state index in [0.29, 0.717) is 0 Å². The molecule has 3 nitrogen and oxygen atoms in total. The molecule has 2 N–H and O–H groups in total. The van der Waals surface area contributed by atoms with Crippen molar-refractivity contribution in [1.29, 1.82) is 0 Å². The summed E-state index contributed by atoms with van der Waals surface area (Å²) in [6, 6.07) is 12.0. The Morgan fingerprint density at radius 1 is 0.957 bits per heavy atom. The van der Waals surface area contributed by atoms with Gasteiger partial charge in [0.05, 0.1) is 0 Å². The van der Waals surface area contributed by atoms with Gasteiger partial charge in [-0.1, -0.05) is 30.3 Å². The summed E-state index contributed by atoms with van der Waals surface area (Å²) >= 11 is 0. The molecule has 1 saturated carbocycles. The lowest BCUT2D eigenvalue weighted by Gasteiger charge is -2.47. The van der Waals surface area contributed by atoms with Gasteiger partial charge in [-0.25, -0.2) is 0 Å². The molecule has 0 atom stereocenters. The van der Waals surface area contributed by atoms with Gasteiger partial charge in [0.2, 0.25) is 0 Å². The average molecular weight is 363 g/mol. The first-order valence-corrected chi connectivity index (χ1v) is 8.19. The predicted molar refractivity (Wildman–Crippen MR) is 103 cm³/mol. The maximum atomic E-state index is 2.74. The zero-order valence-electron chi connectivity index (χ0n) is 14.3. The smallest absolute Gasteiger partial charge is 0.0455 e. The summed E-state index contributed by atoms with van der Waals surface area (Å²) in [7, 11) is 4.51. The Hall–Kier alpha value is -0.320. The van der Waals surface area contributed by atoms with E-state index >= 15 is 0 Å². The van der Waals surface area contributed by atoms with Gasteiger partial charge in [-0.2, -0.15) is 0 Å². The number of hydrogen-bond donors (Lipinski definition) is 0. The molecule has 0 aromatic heterocycles. The zero-order valence-corrected chi connectivity index (χ0v) is 16.0. The summed E-state index contributed by atoms with van der Waals surface area (Å²) < 4.78 is 0. The van der Waals surface area contributed by atoms with Crippen LogP contribution in [0.5, 0.6) is 0 Å². The molecule has 0 amide bonds. The molecule has 0 unspecified atom stereocenters. The molecule has 0 bridgehead atoms. The van der Waals surface area contributed by atoms with Gasteiger partial charge in [-0.15, -0.1) is 24.8 Å². The molecule has 2 aliphatic rings. The number of rotatable bonds is 3. The van der Waals surface area contributed by atoms with Crippen molar-refractivity contribution in [2.45, 2.75) is 50.1 Å². The van der Waals surface area contributed by atoms with E-state index in [0.717, 1.165) is 6.04 Å². The third-order valence-electron chi connectivity index (χ3n) is 5.61. The largest absolute Gasteiger partial charge is 0.412 e. The molecule has 3 rings (SSSR count). The van der Waals surface area contributed by atoms with Crippen LogP contribution >= 0.6 is 24.8 Å². The summed E-state index contributed by atoms with van der Waals surface area (Å²) in [5.41, 5.74) is 1.77. The van der Waals surface area contributed by atoms with Gasteiger partial charge < -0.3 is 10.4 Å². The van der Waals surface area contributed by atoms with Gasteiger partial charge >= 0.3 is 0 Å². The van der Waals surface area contributed by atoms with E-state index in [-0.39, 0.29) is 35.8 Å². The standard InChI is InChI=1S/C18H28N2.2ClH.H2O/c1-19(2)18(16-8-4-3-5-9-16)12-10-17(11-13-18)20-14-6-7-15-20;;;/h3-5,8-9,17H,6-7,10-15H2,1-2H3;2*1H;1H2. The van der Waals surface area contributed by atoms with Crippen LogP contribution < -0.4 is 0 Å². The van der Waals surface area contributed by atoms with Crippen LogP contribution in [0.15, 0.2) is 30.3 Å². The summed E-state index contributed by atoms with van der Waals surface area (Å²) in [6.07, 6.45) is 8.12. The molecule has 1 aromatic rings. The molecule has 1 saturated heterocycles. The van der Waals surface area contributed by atoms with Crippen molar-refractivity contribution in [2.24, 2.45) is 0 Å². The van der Waals surface area contributed by atoms with Crippen LogP contribution in [-0.4, -0.2) is 48.5 Å². The van der Waals surface area contributed by atoms with Gasteiger partial charge in [0.1, 0.15) is 0 Å². The first-order valence-electron chi connectivity index (χ1n) is 8.19. The lowest BCUT2D eigenvalue weighted by atomic mass is 9.73. The second kappa shape index (κ2) is 9.85. The second-order valence-electron chi connectivity index (χ2n) is 6.77. The van der Waals surface area contributed by atoms with Crippen LogP contribution in [0.1, 0.15) is 44.1 Å². The Morgan fingerprint density at radius 3 is 1.96 bits per heavy atom. The summed E-state index contributed by atoms with van der Waals surface area (Å²) in [5, 5.41) is 0. The SMILES string of the molecule is CN(C)C1(c2ccccc2)CCC(N2CCCC2)CC1.Cl.Cl.O. The first-order chi connectivity index (χ1) is 9.72. The molecule has 23 heavy (non-hydrogen) atoms. The lowest BCUT2D eigenvalue weighted by Crippen LogP contribution is -2.48. The third-order valence-corrected chi connectivity index (χ3v) is 5.61. The van der Waals surface area contributed by atoms with E-state index in [1.165, 1.54) is 57.2 Å². The zero-order chi connectivity index (χ0) is 14.0. The molecule has 1 aromatic carbocycles. The van der Waals surface area contributed by atoms with Crippen LogP contribution in [0.25, 0.3) is 0 Å². The summed E-state index contributed by atoms with van der Waals surface area (Å²) in [5.74, 6) is 0. The van der Waals surface area contributed by atoms with E-state index < -0.39 is 0 Å². The molecular weight excluding hydrogens is 331 g/mol. The summed E-state index contributed by atoms with van der Waals surface area (Å²) in [4.78, 5) is 5.20. The van der Waals surface area contributed by atoms with E-state index in [2.05, 4.69) is 54.2 Å². The Labute approximate surface area is 153 Å². The van der Waals surface area contributed by atoms with Gasteiger partial charge in [0, 0.05) is 11.6 Å². The van der Waals surface area contributed by atoms with Crippen molar-refractivity contribution < 1.29 is 5.48 Å². The van der Waals surface area contributed by atoms with Crippen molar-refractivity contribution in [3.63, 3.8) is 0 Å². The van der Waals surface area contributed by atoms with Crippen LogP contribution in [0.3, 0.4) is 0 Å².